The number of rotatable bonds is 5. The molecule has 2 aromatic heterocycles. The van der Waals surface area contributed by atoms with Gasteiger partial charge >= 0.3 is 12.1 Å². The maximum atomic E-state index is 13.8. The molecule has 3 unspecified atom stereocenters. The van der Waals surface area contributed by atoms with Crippen molar-refractivity contribution in [1.82, 2.24) is 15.0 Å². The van der Waals surface area contributed by atoms with E-state index in [9.17, 15) is 14.0 Å². The lowest BCUT2D eigenvalue weighted by Crippen LogP contribution is -2.46. The number of esters is 1. The summed E-state index contributed by atoms with van der Waals surface area (Å²) in [6.45, 7) is 7.80. The van der Waals surface area contributed by atoms with Crippen LogP contribution in [-0.2, 0) is 9.47 Å². The van der Waals surface area contributed by atoms with Crippen molar-refractivity contribution >= 4 is 23.4 Å². The van der Waals surface area contributed by atoms with Gasteiger partial charge in [0.1, 0.15) is 17.5 Å². The topological polar surface area (TPSA) is 94.8 Å². The number of aromatic nitrogens is 2. The van der Waals surface area contributed by atoms with E-state index in [1.807, 2.05) is 20.8 Å². The summed E-state index contributed by atoms with van der Waals surface area (Å²) >= 11 is 1.36. The van der Waals surface area contributed by atoms with Crippen LogP contribution < -0.4 is 0 Å². The Bertz CT molecular complexity index is 1160. The Morgan fingerprint density at radius 3 is 2.60 bits per heavy atom. The van der Waals surface area contributed by atoms with Gasteiger partial charge in [-0.25, -0.2) is 19.0 Å². The van der Waals surface area contributed by atoms with E-state index in [0.717, 1.165) is 10.6 Å². The van der Waals surface area contributed by atoms with Crippen LogP contribution in [0, 0.1) is 5.82 Å². The molecular formula is C25H28FN3O5S. The van der Waals surface area contributed by atoms with Crippen LogP contribution in [0.25, 0.3) is 0 Å². The van der Waals surface area contributed by atoms with Gasteiger partial charge in [-0.15, -0.1) is 11.3 Å². The molecule has 1 amide bonds. The van der Waals surface area contributed by atoms with E-state index < -0.39 is 23.7 Å². The molecule has 8 nitrogen and oxygen atoms in total. The summed E-state index contributed by atoms with van der Waals surface area (Å²) in [7, 11) is 0. The molecule has 3 aromatic rings. The molecule has 0 saturated carbocycles. The van der Waals surface area contributed by atoms with Crippen molar-refractivity contribution < 1.29 is 28.0 Å². The predicted molar refractivity (Wildman–Crippen MR) is 127 cm³/mol. The van der Waals surface area contributed by atoms with Gasteiger partial charge in [0, 0.05) is 29.8 Å². The Balaban J connectivity index is 1.79. The first-order valence-electron chi connectivity index (χ1n) is 11.5. The van der Waals surface area contributed by atoms with Crippen LogP contribution in [0.15, 0.2) is 46.4 Å². The Hall–Kier alpha value is -3.27. The summed E-state index contributed by atoms with van der Waals surface area (Å²) < 4.78 is 30.2. The van der Waals surface area contributed by atoms with E-state index in [2.05, 4.69) is 10.1 Å². The number of carbonyl (C=O) groups is 2. The zero-order chi connectivity index (χ0) is 25.2. The van der Waals surface area contributed by atoms with Crippen molar-refractivity contribution in [3.05, 3.63) is 69.8 Å². The average Bonchev–Trinajstić information content (AvgIpc) is 3.50. The lowest BCUT2D eigenvalue weighted by atomic mass is 9.74. The molecule has 0 radical (unpaired) electrons. The van der Waals surface area contributed by atoms with E-state index in [4.69, 9.17) is 14.0 Å². The summed E-state index contributed by atoms with van der Waals surface area (Å²) in [6, 6.07) is 7.33. The molecule has 3 atom stereocenters. The Kier molecular flexibility index (Phi) is 7.20. The van der Waals surface area contributed by atoms with Crippen molar-refractivity contribution in [3.63, 3.8) is 0 Å². The summed E-state index contributed by atoms with van der Waals surface area (Å²) in [5.41, 5.74) is 0.365. The van der Waals surface area contributed by atoms with Gasteiger partial charge in [-0.05, 0) is 51.8 Å². The van der Waals surface area contributed by atoms with Crippen LogP contribution in [0.4, 0.5) is 9.18 Å². The van der Waals surface area contributed by atoms with Crippen LogP contribution in [0.1, 0.15) is 78.8 Å². The van der Waals surface area contributed by atoms with Crippen molar-refractivity contribution in [2.45, 2.75) is 57.6 Å². The molecule has 0 aliphatic carbocycles. The standard InChI is InChI=1S/C25H28FN3O5S/c1-5-32-23(30)18-14-35-22(28-18)17-11-13-29(24(31)33-25(2,3)4)21(19-10-12-27-34-19)20(17)15-6-8-16(26)9-7-15/h6-10,12,14,17,20-21H,5,11,13H2,1-4H3. The number of ether oxygens (including phenoxy) is 2. The number of nitrogens with zero attached hydrogens (tertiary/aromatic N) is 3. The van der Waals surface area contributed by atoms with Crippen LogP contribution in [0.5, 0.6) is 0 Å². The van der Waals surface area contributed by atoms with Crippen LogP contribution in [0.2, 0.25) is 0 Å². The minimum Gasteiger partial charge on any atom is -0.461 e. The number of halogens is 1. The second-order valence-corrected chi connectivity index (χ2v) is 10.2. The maximum absolute atomic E-state index is 13.8. The lowest BCUT2D eigenvalue weighted by molar-refractivity contribution is -0.000682. The minimum atomic E-state index is -0.685. The second-order valence-electron chi connectivity index (χ2n) is 9.30. The fraction of sp³-hybridized carbons (Fsp3) is 0.440. The number of benzene rings is 1. The monoisotopic (exact) mass is 501 g/mol. The van der Waals surface area contributed by atoms with Crippen molar-refractivity contribution in [2.75, 3.05) is 13.2 Å². The molecule has 0 N–H and O–H groups in total. The fourth-order valence-corrected chi connectivity index (χ4v) is 5.35. The predicted octanol–water partition coefficient (Wildman–Crippen LogP) is 5.70. The minimum absolute atomic E-state index is 0.178. The zero-order valence-corrected chi connectivity index (χ0v) is 20.9. The molecule has 10 heteroatoms. The van der Waals surface area contributed by atoms with E-state index in [0.29, 0.717) is 18.7 Å². The third-order valence-corrected chi connectivity index (χ3v) is 6.72. The molecule has 0 spiro atoms. The SMILES string of the molecule is CCOC(=O)c1csc(C2CCN(C(=O)OC(C)(C)C)C(c3ccno3)C2c2ccc(F)cc2)n1. The number of amides is 1. The summed E-state index contributed by atoms with van der Waals surface area (Å²) in [5, 5.41) is 6.28. The number of likely N-dealkylation sites (tertiary alicyclic amines) is 1. The molecule has 1 aliphatic rings. The first-order valence-corrected chi connectivity index (χ1v) is 12.3. The van der Waals surface area contributed by atoms with Gasteiger partial charge in [-0.2, -0.15) is 0 Å². The highest BCUT2D eigenvalue weighted by atomic mass is 32.1. The van der Waals surface area contributed by atoms with E-state index in [1.165, 1.54) is 29.7 Å². The lowest BCUT2D eigenvalue weighted by Gasteiger charge is -2.44. The molecule has 35 heavy (non-hydrogen) atoms. The van der Waals surface area contributed by atoms with Gasteiger partial charge in [-0.1, -0.05) is 17.3 Å². The second kappa shape index (κ2) is 10.2. The highest BCUT2D eigenvalue weighted by Gasteiger charge is 2.46. The number of carbonyl (C=O) groups excluding carboxylic acids is 2. The largest absolute Gasteiger partial charge is 0.461 e. The first-order chi connectivity index (χ1) is 16.7. The molecule has 1 fully saturated rings. The van der Waals surface area contributed by atoms with Gasteiger partial charge in [0.05, 0.1) is 17.8 Å². The Morgan fingerprint density at radius 2 is 1.97 bits per heavy atom. The number of thiazole rings is 1. The van der Waals surface area contributed by atoms with Gasteiger partial charge in [0.15, 0.2) is 11.5 Å². The first kappa shape index (κ1) is 24.8. The van der Waals surface area contributed by atoms with Crippen LogP contribution >= 0.6 is 11.3 Å². The molecule has 0 bridgehead atoms. The highest BCUT2D eigenvalue weighted by Crippen LogP contribution is 2.51. The van der Waals surface area contributed by atoms with Gasteiger partial charge < -0.3 is 14.0 Å². The summed E-state index contributed by atoms with van der Waals surface area (Å²) in [4.78, 5) is 31.7. The Labute approximate surface area is 207 Å². The molecule has 1 aliphatic heterocycles. The fourth-order valence-electron chi connectivity index (χ4n) is 4.38. The summed E-state index contributed by atoms with van der Waals surface area (Å²) in [6.07, 6.45) is 1.61. The average molecular weight is 502 g/mol. The normalized spacial score (nSPS) is 20.5. The molecular weight excluding hydrogens is 473 g/mol. The van der Waals surface area contributed by atoms with E-state index in [1.54, 1.807) is 35.4 Å². The van der Waals surface area contributed by atoms with Crippen molar-refractivity contribution in [2.24, 2.45) is 0 Å². The van der Waals surface area contributed by atoms with Crippen LogP contribution in [0.3, 0.4) is 0 Å². The number of piperidine rings is 1. The summed E-state index contributed by atoms with van der Waals surface area (Å²) in [5.74, 6) is -0.892. The van der Waals surface area contributed by atoms with Crippen molar-refractivity contribution in [1.29, 1.82) is 0 Å². The third-order valence-electron chi connectivity index (χ3n) is 5.75. The molecule has 1 aromatic carbocycles. The molecule has 1 saturated heterocycles. The van der Waals surface area contributed by atoms with Gasteiger partial charge in [0.25, 0.3) is 0 Å². The van der Waals surface area contributed by atoms with Crippen molar-refractivity contribution in [3.8, 4) is 0 Å². The zero-order valence-electron chi connectivity index (χ0n) is 20.1. The highest BCUT2D eigenvalue weighted by molar-refractivity contribution is 7.09. The third kappa shape index (κ3) is 5.53. The van der Waals surface area contributed by atoms with E-state index in [-0.39, 0.29) is 30.0 Å². The maximum Gasteiger partial charge on any atom is 0.410 e. The number of hydrogen-bond donors (Lipinski definition) is 0. The smallest absolute Gasteiger partial charge is 0.410 e. The van der Waals surface area contributed by atoms with Crippen LogP contribution in [-0.4, -0.2) is 45.9 Å². The Morgan fingerprint density at radius 1 is 1.23 bits per heavy atom. The number of hydrogen-bond acceptors (Lipinski definition) is 8. The molecule has 3 heterocycles. The molecule has 186 valence electrons. The van der Waals surface area contributed by atoms with Gasteiger partial charge in [0.2, 0.25) is 0 Å². The van der Waals surface area contributed by atoms with Gasteiger partial charge in [-0.3, -0.25) is 4.90 Å². The quantitative estimate of drug-likeness (QED) is 0.414. The molecule has 4 rings (SSSR count). The van der Waals surface area contributed by atoms with E-state index >= 15 is 0 Å².